The lowest BCUT2D eigenvalue weighted by Crippen LogP contribution is -2.34. The quantitative estimate of drug-likeness (QED) is 0.301. The summed E-state index contributed by atoms with van der Waals surface area (Å²) in [5, 5.41) is 2.77. The number of nitrogens with one attached hydrogen (secondary N) is 1. The monoisotopic (exact) mass is 518 g/mol. The molecule has 0 radical (unpaired) electrons. The van der Waals surface area contributed by atoms with Crippen molar-refractivity contribution in [3.63, 3.8) is 0 Å². The van der Waals surface area contributed by atoms with Crippen LogP contribution in [0.1, 0.15) is 23.6 Å². The maximum Gasteiger partial charge on any atom is 0.573 e. The molecule has 3 aromatic rings. The predicted octanol–water partition coefficient (Wildman–Crippen LogP) is 5.84. The van der Waals surface area contributed by atoms with Crippen LogP contribution in [-0.2, 0) is 9.53 Å². The minimum absolute atomic E-state index is 0.0454. The maximum atomic E-state index is 14.5. The van der Waals surface area contributed by atoms with E-state index in [1.165, 1.54) is 37.4 Å². The fourth-order valence-electron chi connectivity index (χ4n) is 4.24. The van der Waals surface area contributed by atoms with Gasteiger partial charge in [0, 0.05) is 25.8 Å². The second-order valence-electron chi connectivity index (χ2n) is 8.41. The van der Waals surface area contributed by atoms with E-state index in [0.717, 1.165) is 12.1 Å². The van der Waals surface area contributed by atoms with Crippen LogP contribution in [0.3, 0.4) is 0 Å². The van der Waals surface area contributed by atoms with Crippen molar-refractivity contribution in [3.05, 3.63) is 89.5 Å². The van der Waals surface area contributed by atoms with Crippen LogP contribution in [0, 0.1) is 17.6 Å². The summed E-state index contributed by atoms with van der Waals surface area (Å²) < 4.78 is 75.0. The lowest BCUT2D eigenvalue weighted by Gasteiger charge is -2.18. The van der Waals surface area contributed by atoms with Gasteiger partial charge in [0.05, 0.1) is 24.1 Å². The minimum atomic E-state index is -4.78. The molecule has 37 heavy (non-hydrogen) atoms. The Morgan fingerprint density at radius 3 is 2.14 bits per heavy atom. The SMILES string of the molecule is COCCNC(=O)[C@H]1CC(c2c(F)cccc2F)=NC1c1ccc(-c2ccc(OC(F)(F)F)cc2)cc1. The highest BCUT2D eigenvalue weighted by molar-refractivity contribution is 6.05. The number of carbonyl (C=O) groups is 1. The summed E-state index contributed by atoms with van der Waals surface area (Å²) in [5.41, 5.74) is 1.93. The number of methoxy groups -OCH3 is 1. The van der Waals surface area contributed by atoms with Crippen molar-refractivity contribution in [2.45, 2.75) is 18.8 Å². The van der Waals surface area contributed by atoms with Crippen molar-refractivity contribution >= 4 is 11.6 Å². The molecule has 0 aromatic heterocycles. The summed E-state index contributed by atoms with van der Waals surface area (Å²) in [7, 11) is 1.51. The van der Waals surface area contributed by atoms with Gasteiger partial charge in [0.2, 0.25) is 5.91 Å². The highest BCUT2D eigenvalue weighted by Crippen LogP contribution is 2.38. The first-order chi connectivity index (χ1) is 17.7. The van der Waals surface area contributed by atoms with E-state index in [0.29, 0.717) is 23.3 Å². The molecule has 2 atom stereocenters. The fourth-order valence-corrected chi connectivity index (χ4v) is 4.24. The van der Waals surface area contributed by atoms with E-state index in [9.17, 15) is 26.7 Å². The lowest BCUT2D eigenvalue weighted by atomic mass is 9.90. The Balaban J connectivity index is 1.60. The van der Waals surface area contributed by atoms with Crippen molar-refractivity contribution in [1.29, 1.82) is 0 Å². The number of rotatable bonds is 8. The van der Waals surface area contributed by atoms with Gasteiger partial charge in [0.1, 0.15) is 17.4 Å². The zero-order valence-electron chi connectivity index (χ0n) is 19.7. The van der Waals surface area contributed by atoms with Gasteiger partial charge >= 0.3 is 6.36 Å². The van der Waals surface area contributed by atoms with E-state index in [1.807, 2.05) is 0 Å². The number of hydrogen-bond acceptors (Lipinski definition) is 4. The van der Waals surface area contributed by atoms with E-state index < -0.39 is 30.0 Å². The largest absolute Gasteiger partial charge is 0.573 e. The molecule has 0 aliphatic carbocycles. The highest BCUT2D eigenvalue weighted by Gasteiger charge is 2.37. The number of halogens is 5. The maximum absolute atomic E-state index is 14.5. The van der Waals surface area contributed by atoms with Crippen LogP contribution < -0.4 is 10.1 Å². The third kappa shape index (κ3) is 6.32. The molecule has 1 N–H and O–H groups in total. The second-order valence-corrected chi connectivity index (χ2v) is 8.41. The molecule has 194 valence electrons. The molecule has 1 aliphatic heterocycles. The summed E-state index contributed by atoms with van der Waals surface area (Å²) in [6.07, 6.45) is -4.73. The third-order valence-corrected chi connectivity index (χ3v) is 5.96. The van der Waals surface area contributed by atoms with Gasteiger partial charge in [-0.3, -0.25) is 9.79 Å². The number of ether oxygens (including phenoxy) is 2. The second kappa shape index (κ2) is 11.1. The smallest absolute Gasteiger partial charge is 0.406 e. The Bertz CT molecular complexity index is 1250. The van der Waals surface area contributed by atoms with E-state index in [2.05, 4.69) is 15.0 Å². The number of benzene rings is 3. The van der Waals surface area contributed by atoms with Crippen LogP contribution in [0.25, 0.3) is 11.1 Å². The Morgan fingerprint density at radius 2 is 1.57 bits per heavy atom. The van der Waals surface area contributed by atoms with E-state index >= 15 is 0 Å². The van der Waals surface area contributed by atoms with Crippen LogP contribution in [0.2, 0.25) is 0 Å². The highest BCUT2D eigenvalue weighted by atomic mass is 19.4. The first-order valence-electron chi connectivity index (χ1n) is 11.4. The number of nitrogens with zero attached hydrogens (tertiary/aromatic N) is 1. The van der Waals surface area contributed by atoms with Gasteiger partial charge in [-0.15, -0.1) is 13.2 Å². The molecule has 1 aliphatic rings. The number of hydrogen-bond donors (Lipinski definition) is 1. The molecule has 5 nitrogen and oxygen atoms in total. The minimum Gasteiger partial charge on any atom is -0.406 e. The van der Waals surface area contributed by atoms with Gasteiger partial charge in [0.15, 0.2) is 0 Å². The molecule has 3 aromatic carbocycles. The zero-order chi connectivity index (χ0) is 26.6. The Morgan fingerprint density at radius 1 is 0.973 bits per heavy atom. The first kappa shape index (κ1) is 26.3. The normalized spacial score (nSPS) is 17.4. The average Bonchev–Trinajstić information content (AvgIpc) is 3.29. The Kier molecular flexibility index (Phi) is 7.87. The molecule has 0 bridgehead atoms. The molecule has 0 saturated carbocycles. The molecule has 1 heterocycles. The fraction of sp³-hybridized carbons (Fsp3) is 0.259. The van der Waals surface area contributed by atoms with Crippen molar-refractivity contribution < 1.29 is 36.2 Å². The van der Waals surface area contributed by atoms with Crippen molar-refractivity contribution in [3.8, 4) is 16.9 Å². The standard InChI is InChI=1S/C27H23F5N2O3/c1-36-14-13-33-26(35)20-15-23(24-21(28)3-2-4-22(24)29)34-25(20)18-7-5-16(6-8-18)17-9-11-19(12-10-17)37-27(30,31)32/h2-12,20,25H,13-15H2,1H3,(H,33,35)/t20-,25?/m0/s1. The number of alkyl halides is 3. The molecular formula is C27H23F5N2O3. The number of aliphatic imine (C=N–C) groups is 1. The van der Waals surface area contributed by atoms with Gasteiger partial charge in [-0.05, 0) is 41.0 Å². The molecule has 0 saturated heterocycles. The van der Waals surface area contributed by atoms with E-state index in [-0.39, 0.29) is 35.9 Å². The average molecular weight is 518 g/mol. The number of carbonyl (C=O) groups excluding carboxylic acids is 1. The van der Waals surface area contributed by atoms with Crippen molar-refractivity contribution in [1.82, 2.24) is 5.32 Å². The topological polar surface area (TPSA) is 59.9 Å². The molecular weight excluding hydrogens is 495 g/mol. The summed E-state index contributed by atoms with van der Waals surface area (Å²) >= 11 is 0. The third-order valence-electron chi connectivity index (χ3n) is 5.96. The van der Waals surface area contributed by atoms with Crippen LogP contribution in [0.5, 0.6) is 5.75 Å². The van der Waals surface area contributed by atoms with Crippen LogP contribution >= 0.6 is 0 Å². The predicted molar refractivity (Wildman–Crippen MR) is 127 cm³/mol. The Hall–Kier alpha value is -3.79. The molecule has 4 rings (SSSR count). The van der Waals surface area contributed by atoms with Gasteiger partial charge in [0.25, 0.3) is 0 Å². The summed E-state index contributed by atoms with van der Waals surface area (Å²) in [4.78, 5) is 17.5. The molecule has 0 fully saturated rings. The van der Waals surface area contributed by atoms with E-state index in [4.69, 9.17) is 4.74 Å². The molecule has 0 spiro atoms. The number of amides is 1. The molecule has 1 amide bonds. The van der Waals surface area contributed by atoms with Crippen molar-refractivity contribution in [2.24, 2.45) is 10.9 Å². The van der Waals surface area contributed by atoms with Gasteiger partial charge in [-0.2, -0.15) is 0 Å². The van der Waals surface area contributed by atoms with Crippen molar-refractivity contribution in [2.75, 3.05) is 20.3 Å². The van der Waals surface area contributed by atoms with Crippen LogP contribution in [0.4, 0.5) is 22.0 Å². The summed E-state index contributed by atoms with van der Waals surface area (Å²) in [6.45, 7) is 0.579. The zero-order valence-corrected chi connectivity index (χ0v) is 19.7. The first-order valence-corrected chi connectivity index (χ1v) is 11.4. The van der Waals surface area contributed by atoms with E-state index in [1.54, 1.807) is 24.3 Å². The molecule has 10 heteroatoms. The molecule has 1 unspecified atom stereocenters. The van der Waals surface area contributed by atoms with Crippen LogP contribution in [0.15, 0.2) is 71.7 Å². The van der Waals surface area contributed by atoms with Gasteiger partial charge in [-0.1, -0.05) is 42.5 Å². The summed E-state index contributed by atoms with van der Waals surface area (Å²) in [6, 6.07) is 15.2. The summed E-state index contributed by atoms with van der Waals surface area (Å²) in [5.74, 6) is -2.86. The van der Waals surface area contributed by atoms with Gasteiger partial charge < -0.3 is 14.8 Å². The lowest BCUT2D eigenvalue weighted by molar-refractivity contribution is -0.274. The van der Waals surface area contributed by atoms with Crippen LogP contribution in [-0.4, -0.2) is 38.2 Å². The van der Waals surface area contributed by atoms with Gasteiger partial charge in [-0.25, -0.2) is 8.78 Å². The Labute approximate surface area is 209 Å².